The topological polar surface area (TPSA) is 116 Å². The Morgan fingerprint density at radius 2 is 1.58 bits per heavy atom. The molecule has 0 radical (unpaired) electrons. The van der Waals surface area contributed by atoms with Gasteiger partial charge in [0.15, 0.2) is 0 Å². The van der Waals surface area contributed by atoms with Crippen LogP contribution in [0.1, 0.15) is 36.9 Å². The van der Waals surface area contributed by atoms with Crippen LogP contribution in [0.3, 0.4) is 0 Å². The van der Waals surface area contributed by atoms with E-state index in [0.717, 1.165) is 0 Å². The highest BCUT2D eigenvalue weighted by molar-refractivity contribution is 6.11. The van der Waals surface area contributed by atoms with Crippen LogP contribution in [0.2, 0.25) is 0 Å². The van der Waals surface area contributed by atoms with Gasteiger partial charge in [-0.05, 0) is 49.2 Å². The standard InChI is InChI=1S/C26H27F3N2O7/c1-5-37-22(32)20-19(15-6-10-17(35-3)11-7-15)24(14(2)31-38-23(24)33)21(30-25(20,34)26(27,28)29)16-8-12-18(36-4)13-9-16/h6-13,19-21,30,34H,5H2,1-4H3/t19-,20+,21-,24-,25+/m0/s1. The van der Waals surface area contributed by atoms with Crippen molar-refractivity contribution in [1.82, 2.24) is 5.32 Å². The average Bonchev–Trinajstić information content (AvgIpc) is 3.18. The van der Waals surface area contributed by atoms with E-state index in [0.29, 0.717) is 11.5 Å². The average molecular weight is 537 g/mol. The number of esters is 1. The lowest BCUT2D eigenvalue weighted by molar-refractivity contribution is -0.311. The minimum absolute atomic E-state index is 0.0233. The van der Waals surface area contributed by atoms with Crippen molar-refractivity contribution in [3.63, 3.8) is 0 Å². The molecule has 2 aliphatic heterocycles. The molecular formula is C26H27F3N2O7. The van der Waals surface area contributed by atoms with Gasteiger partial charge in [0.2, 0.25) is 5.72 Å². The van der Waals surface area contributed by atoms with E-state index in [2.05, 4.69) is 10.5 Å². The molecule has 1 saturated heterocycles. The number of carbonyl (C=O) groups excluding carboxylic acids is 2. The lowest BCUT2D eigenvalue weighted by Gasteiger charge is -2.55. The number of rotatable bonds is 6. The van der Waals surface area contributed by atoms with Gasteiger partial charge in [0.25, 0.3) is 0 Å². The van der Waals surface area contributed by atoms with Gasteiger partial charge in [-0.2, -0.15) is 13.2 Å². The summed E-state index contributed by atoms with van der Waals surface area (Å²) in [6.07, 6.45) is -5.37. The van der Waals surface area contributed by atoms with Gasteiger partial charge in [-0.1, -0.05) is 29.4 Å². The highest BCUT2D eigenvalue weighted by Gasteiger charge is 2.76. The Hall–Kier alpha value is -3.64. The Kier molecular flexibility index (Phi) is 7.15. The first-order valence-corrected chi connectivity index (χ1v) is 11.7. The molecule has 4 rings (SSSR count). The Balaban J connectivity index is 2.08. The van der Waals surface area contributed by atoms with Crippen LogP contribution >= 0.6 is 0 Å². The fraction of sp³-hybridized carbons (Fsp3) is 0.423. The molecule has 204 valence electrons. The predicted octanol–water partition coefficient (Wildman–Crippen LogP) is 3.48. The second kappa shape index (κ2) is 9.91. The lowest BCUT2D eigenvalue weighted by Crippen LogP contribution is -2.74. The molecule has 38 heavy (non-hydrogen) atoms. The van der Waals surface area contributed by atoms with Crippen molar-refractivity contribution >= 4 is 17.7 Å². The molecule has 2 aromatic carbocycles. The summed E-state index contributed by atoms with van der Waals surface area (Å²) in [5.41, 5.74) is -5.42. The van der Waals surface area contributed by atoms with Gasteiger partial charge in [-0.3, -0.25) is 10.1 Å². The predicted molar refractivity (Wildman–Crippen MR) is 127 cm³/mol. The molecule has 0 amide bonds. The highest BCUT2D eigenvalue weighted by Crippen LogP contribution is 2.61. The summed E-state index contributed by atoms with van der Waals surface area (Å²) in [5, 5.41) is 17.4. The van der Waals surface area contributed by atoms with Crippen LogP contribution in [0, 0.1) is 11.3 Å². The first-order valence-electron chi connectivity index (χ1n) is 11.7. The van der Waals surface area contributed by atoms with E-state index in [9.17, 15) is 27.9 Å². The minimum atomic E-state index is -5.37. The van der Waals surface area contributed by atoms with E-state index in [1.165, 1.54) is 76.6 Å². The number of hydrogen-bond donors (Lipinski definition) is 2. The number of nitrogens with one attached hydrogen (secondary N) is 1. The van der Waals surface area contributed by atoms with Gasteiger partial charge >= 0.3 is 18.1 Å². The number of ether oxygens (including phenoxy) is 3. The zero-order valence-electron chi connectivity index (χ0n) is 21.0. The van der Waals surface area contributed by atoms with Crippen LogP contribution in [-0.4, -0.2) is 55.5 Å². The number of aliphatic hydroxyl groups is 1. The van der Waals surface area contributed by atoms with Gasteiger partial charge in [0.1, 0.15) is 22.8 Å². The Labute approximate surface area is 216 Å². The van der Waals surface area contributed by atoms with Gasteiger partial charge in [0.05, 0.1) is 32.6 Å². The third kappa shape index (κ3) is 4.08. The summed E-state index contributed by atoms with van der Waals surface area (Å²) >= 11 is 0. The molecule has 2 aromatic rings. The number of halogens is 3. The maximum absolute atomic E-state index is 14.8. The van der Waals surface area contributed by atoms with Crippen molar-refractivity contribution in [2.75, 3.05) is 20.8 Å². The van der Waals surface area contributed by atoms with E-state index in [-0.39, 0.29) is 23.4 Å². The third-order valence-corrected chi connectivity index (χ3v) is 7.19. The summed E-state index contributed by atoms with van der Waals surface area (Å²) in [6, 6.07) is 10.2. The molecule has 0 bridgehead atoms. The number of methoxy groups -OCH3 is 2. The molecule has 2 aliphatic rings. The van der Waals surface area contributed by atoms with E-state index in [1.54, 1.807) is 0 Å². The van der Waals surface area contributed by atoms with Crippen LogP contribution < -0.4 is 14.8 Å². The van der Waals surface area contributed by atoms with Crippen molar-refractivity contribution in [3.05, 3.63) is 59.7 Å². The number of piperidine rings is 1. The summed E-state index contributed by atoms with van der Waals surface area (Å²) < 4.78 is 59.6. The molecule has 1 fully saturated rings. The van der Waals surface area contributed by atoms with Crippen molar-refractivity contribution in [1.29, 1.82) is 0 Å². The van der Waals surface area contributed by atoms with Crippen LogP contribution in [0.4, 0.5) is 13.2 Å². The zero-order chi connectivity index (χ0) is 27.9. The number of oxime groups is 1. The van der Waals surface area contributed by atoms with Gasteiger partial charge in [0, 0.05) is 5.92 Å². The number of benzene rings is 2. The van der Waals surface area contributed by atoms with E-state index in [4.69, 9.17) is 19.0 Å². The summed E-state index contributed by atoms with van der Waals surface area (Å²) in [4.78, 5) is 32.0. The van der Waals surface area contributed by atoms with Gasteiger partial charge < -0.3 is 24.2 Å². The molecule has 12 heteroatoms. The van der Waals surface area contributed by atoms with Crippen LogP contribution in [0.25, 0.3) is 0 Å². The minimum Gasteiger partial charge on any atom is -0.497 e. The van der Waals surface area contributed by atoms with Crippen LogP contribution in [-0.2, 0) is 19.2 Å². The Bertz CT molecular complexity index is 1230. The van der Waals surface area contributed by atoms with Crippen molar-refractivity contribution in [3.8, 4) is 11.5 Å². The Morgan fingerprint density at radius 3 is 2.00 bits per heavy atom. The SMILES string of the molecule is CCOC(=O)[C@H]1[C@H](c2ccc(OC)cc2)[C@]2(C(=O)ON=C2C)[C@H](c2ccc(OC)cc2)N[C@]1(O)C(F)(F)F. The maximum atomic E-state index is 14.8. The maximum Gasteiger partial charge on any atom is 0.431 e. The second-order valence-electron chi connectivity index (χ2n) is 9.02. The van der Waals surface area contributed by atoms with E-state index in [1.807, 2.05) is 0 Å². The molecule has 2 heterocycles. The summed E-state index contributed by atoms with van der Waals surface area (Å²) in [7, 11) is 2.84. The monoisotopic (exact) mass is 536 g/mol. The lowest BCUT2D eigenvalue weighted by atomic mass is 9.54. The first-order chi connectivity index (χ1) is 17.9. The molecule has 0 aromatic heterocycles. The molecule has 1 spiro atoms. The van der Waals surface area contributed by atoms with E-state index < -0.39 is 47.1 Å². The molecular weight excluding hydrogens is 509 g/mol. The largest absolute Gasteiger partial charge is 0.497 e. The fourth-order valence-corrected chi connectivity index (χ4v) is 5.40. The molecule has 5 atom stereocenters. The number of alkyl halides is 3. The molecule has 9 nitrogen and oxygen atoms in total. The Morgan fingerprint density at radius 1 is 1.05 bits per heavy atom. The highest BCUT2D eigenvalue weighted by atomic mass is 19.4. The van der Waals surface area contributed by atoms with Crippen molar-refractivity contribution in [2.45, 2.75) is 37.7 Å². The number of nitrogens with zero attached hydrogens (tertiary/aromatic N) is 1. The summed E-state index contributed by atoms with van der Waals surface area (Å²) in [6.45, 7) is 2.60. The molecule has 0 aliphatic carbocycles. The molecule has 0 saturated carbocycles. The third-order valence-electron chi connectivity index (χ3n) is 7.19. The van der Waals surface area contributed by atoms with Crippen LogP contribution in [0.15, 0.2) is 53.7 Å². The van der Waals surface area contributed by atoms with Crippen molar-refractivity contribution < 1.29 is 46.9 Å². The van der Waals surface area contributed by atoms with Crippen molar-refractivity contribution in [2.24, 2.45) is 16.5 Å². The fourth-order valence-electron chi connectivity index (χ4n) is 5.40. The smallest absolute Gasteiger partial charge is 0.431 e. The number of carbonyl (C=O) groups is 2. The second-order valence-corrected chi connectivity index (χ2v) is 9.02. The molecule has 0 unspecified atom stereocenters. The van der Waals surface area contributed by atoms with Gasteiger partial charge in [-0.25, -0.2) is 4.79 Å². The number of hydrogen-bond acceptors (Lipinski definition) is 9. The zero-order valence-corrected chi connectivity index (χ0v) is 21.0. The molecule has 2 N–H and O–H groups in total. The van der Waals surface area contributed by atoms with E-state index >= 15 is 0 Å². The summed E-state index contributed by atoms with van der Waals surface area (Å²) in [5.74, 6) is -5.46. The van der Waals surface area contributed by atoms with Gasteiger partial charge in [-0.15, -0.1) is 0 Å². The normalized spacial score (nSPS) is 29.0. The first kappa shape index (κ1) is 27.4. The quantitative estimate of drug-likeness (QED) is 0.426. The van der Waals surface area contributed by atoms with Crippen LogP contribution in [0.5, 0.6) is 11.5 Å².